The van der Waals surface area contributed by atoms with Gasteiger partial charge in [0, 0.05) is 56.1 Å². The Kier molecular flexibility index (Phi) is 7.17. The number of rotatable bonds is 8. The molecule has 0 aromatic carbocycles. The van der Waals surface area contributed by atoms with Crippen LogP contribution in [0, 0.1) is 11.3 Å². The number of nitrogens with zero attached hydrogens (tertiary/aromatic N) is 8. The highest BCUT2D eigenvalue weighted by molar-refractivity contribution is 6.39. The molecule has 2 bridgehead atoms. The topological polar surface area (TPSA) is 126 Å². The van der Waals surface area contributed by atoms with Crippen LogP contribution >= 0.6 is 0 Å². The van der Waals surface area contributed by atoms with Gasteiger partial charge in [-0.3, -0.25) is 9.88 Å². The third-order valence-corrected chi connectivity index (χ3v) is 8.88. The van der Waals surface area contributed by atoms with E-state index in [0.29, 0.717) is 53.7 Å². The molecule has 0 radical (unpaired) electrons. The highest BCUT2D eigenvalue weighted by atomic mass is 16.5. The zero-order chi connectivity index (χ0) is 29.6. The fourth-order valence-electron chi connectivity index (χ4n) is 6.71. The monoisotopic (exact) mass is 577 g/mol. The summed E-state index contributed by atoms with van der Waals surface area (Å²) in [5.41, 5.74) is 3.73. The molecule has 4 aliphatic rings. The van der Waals surface area contributed by atoms with E-state index in [4.69, 9.17) is 24.2 Å². The van der Waals surface area contributed by atoms with Gasteiger partial charge in [-0.15, -0.1) is 0 Å². The molecular weight excluding hydrogens is 544 g/mol. The summed E-state index contributed by atoms with van der Waals surface area (Å²) < 4.78 is 18.8. The molecule has 8 heterocycles. The molecule has 4 aliphatic heterocycles. The number of aromatic nitrogens is 5. The standard InChI is InChI=1S/C29H33B2N9O3/c1-41-27-3-2-19(10-36-27)29(30,31)40-20-6-21(40)15-38(14-20)26-13-34-25(12-35-26)24-7-22(43-17-23-11-33-4-5-42-23)16-39-28(24)18(8-32)9-37-39/h2-3,7,9-10,12-13,16,20-21,23,33H,4-6,11,14-15,17,30-31H2,1H3. The maximum Gasteiger partial charge on any atom is 0.212 e. The van der Waals surface area contributed by atoms with E-state index in [0.717, 1.165) is 37.6 Å². The molecular formula is C29H33B2N9O3. The number of morpholine rings is 1. The minimum Gasteiger partial charge on any atom is -0.489 e. The molecule has 4 saturated heterocycles. The number of hydrogen-bond donors (Lipinski definition) is 1. The van der Waals surface area contributed by atoms with Crippen LogP contribution in [0.25, 0.3) is 16.8 Å². The molecule has 0 amide bonds. The number of anilines is 1. The van der Waals surface area contributed by atoms with Crippen LogP contribution < -0.4 is 19.7 Å². The highest BCUT2D eigenvalue weighted by Crippen LogP contribution is 2.41. The van der Waals surface area contributed by atoms with Gasteiger partial charge in [0.1, 0.15) is 46.0 Å². The summed E-state index contributed by atoms with van der Waals surface area (Å²) in [5.74, 6) is 2.10. The van der Waals surface area contributed by atoms with Crippen molar-refractivity contribution >= 4 is 27.0 Å². The van der Waals surface area contributed by atoms with Gasteiger partial charge in [0.15, 0.2) is 0 Å². The quantitative estimate of drug-likeness (QED) is 0.280. The lowest BCUT2D eigenvalue weighted by molar-refractivity contribution is -0.0304. The number of pyridine rings is 2. The van der Waals surface area contributed by atoms with Crippen LogP contribution in [-0.2, 0) is 10.1 Å². The maximum atomic E-state index is 9.74. The van der Waals surface area contributed by atoms with Crippen molar-refractivity contribution in [2.24, 2.45) is 0 Å². The Balaban J connectivity index is 1.09. The molecule has 8 rings (SSSR count). The SMILES string of the molecule is BC(B)(c1ccc(OC)nc1)N1C2CC1CN(c1cnc(-c3cc(OCC4CNCCO4)cn4ncc(C#N)c34)cn1)C2. The minimum atomic E-state index is -0.143. The van der Waals surface area contributed by atoms with E-state index in [2.05, 4.69) is 53.0 Å². The molecule has 4 fully saturated rings. The first-order chi connectivity index (χ1) is 20.9. The van der Waals surface area contributed by atoms with E-state index in [1.807, 2.05) is 24.5 Å². The third kappa shape index (κ3) is 5.07. The summed E-state index contributed by atoms with van der Waals surface area (Å²) in [6, 6.07) is 9.02. The number of piperazine rings is 1. The molecule has 0 spiro atoms. The first-order valence-electron chi connectivity index (χ1n) is 14.7. The molecule has 3 unspecified atom stereocenters. The van der Waals surface area contributed by atoms with Gasteiger partial charge >= 0.3 is 0 Å². The largest absolute Gasteiger partial charge is 0.489 e. The minimum absolute atomic E-state index is 0.0237. The average molecular weight is 577 g/mol. The average Bonchev–Trinajstić information content (AvgIpc) is 3.47. The van der Waals surface area contributed by atoms with Crippen molar-refractivity contribution in [2.45, 2.75) is 29.9 Å². The van der Waals surface area contributed by atoms with Gasteiger partial charge in [-0.1, -0.05) is 6.07 Å². The Bertz CT molecular complexity index is 1640. The van der Waals surface area contributed by atoms with Crippen molar-refractivity contribution in [1.82, 2.24) is 34.8 Å². The molecule has 1 N–H and O–H groups in total. The summed E-state index contributed by atoms with van der Waals surface area (Å²) in [6.07, 6.45) is 10.0. The van der Waals surface area contributed by atoms with E-state index in [1.54, 1.807) is 30.2 Å². The van der Waals surface area contributed by atoms with Crippen molar-refractivity contribution in [3.8, 4) is 29.0 Å². The second-order valence-corrected chi connectivity index (χ2v) is 11.8. The van der Waals surface area contributed by atoms with Crippen molar-refractivity contribution < 1.29 is 14.2 Å². The number of piperidine rings is 1. The van der Waals surface area contributed by atoms with Crippen molar-refractivity contribution in [3.05, 3.63) is 60.3 Å². The zero-order valence-electron chi connectivity index (χ0n) is 24.6. The second-order valence-electron chi connectivity index (χ2n) is 11.8. The fourth-order valence-corrected chi connectivity index (χ4v) is 6.71. The summed E-state index contributed by atoms with van der Waals surface area (Å²) in [4.78, 5) is 19.0. The van der Waals surface area contributed by atoms with Crippen molar-refractivity contribution in [2.75, 3.05) is 51.4 Å². The van der Waals surface area contributed by atoms with Gasteiger partial charge in [0.25, 0.3) is 0 Å². The lowest BCUT2D eigenvalue weighted by atomic mass is 9.54. The number of methoxy groups -OCH3 is 1. The summed E-state index contributed by atoms with van der Waals surface area (Å²) in [5, 5.41) is 17.3. The van der Waals surface area contributed by atoms with Gasteiger partial charge in [-0.05, 0) is 23.4 Å². The van der Waals surface area contributed by atoms with E-state index in [-0.39, 0.29) is 11.4 Å². The van der Waals surface area contributed by atoms with Crippen LogP contribution in [0.2, 0.25) is 0 Å². The van der Waals surface area contributed by atoms with Crippen LogP contribution in [-0.4, -0.2) is 110 Å². The molecule has 43 heavy (non-hydrogen) atoms. The molecule has 218 valence electrons. The molecule has 0 saturated carbocycles. The van der Waals surface area contributed by atoms with Crippen LogP contribution in [0.1, 0.15) is 17.5 Å². The normalized spacial score (nSPS) is 22.1. The van der Waals surface area contributed by atoms with Crippen LogP contribution in [0.4, 0.5) is 5.82 Å². The van der Waals surface area contributed by atoms with Gasteiger partial charge in [-0.25, -0.2) is 14.5 Å². The van der Waals surface area contributed by atoms with Gasteiger partial charge in [0.2, 0.25) is 5.88 Å². The summed E-state index contributed by atoms with van der Waals surface area (Å²) in [7, 11) is 6.17. The zero-order valence-corrected chi connectivity index (χ0v) is 24.6. The Morgan fingerprint density at radius 3 is 2.67 bits per heavy atom. The van der Waals surface area contributed by atoms with Crippen molar-refractivity contribution in [3.63, 3.8) is 0 Å². The predicted octanol–water partition coefficient (Wildman–Crippen LogP) is -0.227. The van der Waals surface area contributed by atoms with E-state index in [1.165, 1.54) is 12.0 Å². The second kappa shape index (κ2) is 11.1. The smallest absolute Gasteiger partial charge is 0.212 e. The van der Waals surface area contributed by atoms with Crippen molar-refractivity contribution in [1.29, 1.82) is 5.26 Å². The van der Waals surface area contributed by atoms with Crippen LogP contribution in [0.3, 0.4) is 0 Å². The molecule has 14 heteroatoms. The predicted molar refractivity (Wildman–Crippen MR) is 165 cm³/mol. The number of nitrogens with one attached hydrogen (secondary N) is 1. The maximum absolute atomic E-state index is 9.74. The summed E-state index contributed by atoms with van der Waals surface area (Å²) >= 11 is 0. The number of hydrogen-bond acceptors (Lipinski definition) is 11. The van der Waals surface area contributed by atoms with Gasteiger partial charge < -0.3 is 24.4 Å². The lowest BCUT2D eigenvalue weighted by Crippen LogP contribution is -2.74. The first kappa shape index (κ1) is 27.6. The Hall–Kier alpha value is -4.18. The molecule has 4 aromatic rings. The van der Waals surface area contributed by atoms with Crippen LogP contribution in [0.15, 0.2) is 49.2 Å². The molecule has 12 nitrogen and oxygen atoms in total. The highest BCUT2D eigenvalue weighted by Gasteiger charge is 2.51. The van der Waals surface area contributed by atoms with E-state index in [9.17, 15) is 5.26 Å². The van der Waals surface area contributed by atoms with Gasteiger partial charge in [0.05, 0.1) is 55.3 Å². The molecule has 4 aromatic heterocycles. The number of ether oxygens (including phenoxy) is 3. The van der Waals surface area contributed by atoms with Crippen LogP contribution in [0.5, 0.6) is 11.6 Å². The molecule has 3 atom stereocenters. The Morgan fingerprint density at radius 1 is 1.14 bits per heavy atom. The van der Waals surface area contributed by atoms with E-state index >= 15 is 0 Å². The Labute approximate surface area is 251 Å². The summed E-state index contributed by atoms with van der Waals surface area (Å²) in [6.45, 7) is 4.43. The number of nitriles is 1. The Morgan fingerprint density at radius 2 is 2.00 bits per heavy atom. The fraction of sp³-hybridized carbons (Fsp3) is 0.414. The van der Waals surface area contributed by atoms with Gasteiger partial charge in [-0.2, -0.15) is 10.4 Å². The number of fused-ring (bicyclic) bond motifs is 3. The van der Waals surface area contributed by atoms with E-state index < -0.39 is 0 Å². The lowest BCUT2D eigenvalue weighted by Gasteiger charge is -2.62. The third-order valence-electron chi connectivity index (χ3n) is 8.88. The first-order valence-corrected chi connectivity index (χ1v) is 14.7. The molecule has 0 aliphatic carbocycles.